The molecule has 8 nitrogen and oxygen atoms in total. The number of carbonyl (C=O) groups is 3. The van der Waals surface area contributed by atoms with Gasteiger partial charge in [0.05, 0.1) is 5.69 Å². The van der Waals surface area contributed by atoms with Crippen LogP contribution >= 0.6 is 0 Å². The fourth-order valence-corrected chi connectivity index (χ4v) is 1.67. The summed E-state index contributed by atoms with van der Waals surface area (Å²) in [6.45, 7) is -0.786. The molecular weight excluding hydrogens is 328 g/mol. The Hall–Kier alpha value is -2.91. The summed E-state index contributed by atoms with van der Waals surface area (Å²) in [4.78, 5) is 33.3. The maximum atomic E-state index is 12.2. The first-order chi connectivity index (χ1) is 11.3. The van der Waals surface area contributed by atoms with Crippen molar-refractivity contribution >= 4 is 23.6 Å². The van der Waals surface area contributed by atoms with Gasteiger partial charge in [-0.05, 0) is 24.6 Å². The summed E-state index contributed by atoms with van der Waals surface area (Å²) in [6, 6.07) is 3.01. The first-order valence-corrected chi connectivity index (χ1v) is 6.91. The van der Waals surface area contributed by atoms with Gasteiger partial charge in [-0.25, -0.2) is 13.6 Å². The fraction of sp³-hybridized carbons (Fsp3) is 0.357. The lowest BCUT2D eigenvalue weighted by molar-refractivity contribution is -0.137. The number of alkyl halides is 2. The van der Waals surface area contributed by atoms with Crippen molar-refractivity contribution in [1.82, 2.24) is 5.32 Å². The number of nitrogens with one attached hydrogen (secondary N) is 2. The van der Waals surface area contributed by atoms with Gasteiger partial charge in [-0.15, -0.1) is 0 Å². The molecule has 0 bridgehead atoms. The zero-order valence-electron chi connectivity index (χ0n) is 12.6. The van der Waals surface area contributed by atoms with E-state index in [1.807, 2.05) is 0 Å². The van der Waals surface area contributed by atoms with E-state index >= 15 is 0 Å². The van der Waals surface area contributed by atoms with Crippen LogP contribution in [0, 0.1) is 0 Å². The number of carboxylic acid groups (broad SMARTS) is 1. The second-order valence-corrected chi connectivity index (χ2v) is 4.66. The second-order valence-electron chi connectivity index (χ2n) is 4.66. The van der Waals surface area contributed by atoms with E-state index in [1.165, 1.54) is 18.2 Å². The monoisotopic (exact) mass is 345 g/mol. The Bertz CT molecular complexity index is 610. The van der Waals surface area contributed by atoms with Crippen LogP contribution in [-0.2, 0) is 4.79 Å². The summed E-state index contributed by atoms with van der Waals surface area (Å²) in [5.41, 5.74) is 5.17. The minimum Gasteiger partial charge on any atom is -0.485 e. The molecule has 0 atom stereocenters. The predicted octanol–water partition coefficient (Wildman–Crippen LogP) is 1.42. The number of primary amides is 1. The van der Waals surface area contributed by atoms with Crippen LogP contribution in [0.5, 0.6) is 5.75 Å². The first kappa shape index (κ1) is 19.1. The molecule has 1 rings (SSSR count). The molecule has 0 saturated heterocycles. The van der Waals surface area contributed by atoms with Crippen molar-refractivity contribution in [1.29, 1.82) is 0 Å². The molecule has 0 fully saturated rings. The Labute approximate surface area is 136 Å². The Morgan fingerprint density at radius 1 is 1.29 bits per heavy atom. The van der Waals surface area contributed by atoms with Crippen molar-refractivity contribution in [3.63, 3.8) is 0 Å². The quantitative estimate of drug-likeness (QED) is 0.503. The molecule has 132 valence electrons. The van der Waals surface area contributed by atoms with E-state index in [-0.39, 0.29) is 36.4 Å². The summed E-state index contributed by atoms with van der Waals surface area (Å²) in [6.07, 6.45) is -2.60. The van der Waals surface area contributed by atoms with Crippen molar-refractivity contribution in [3.8, 4) is 5.75 Å². The van der Waals surface area contributed by atoms with E-state index in [0.29, 0.717) is 0 Å². The van der Waals surface area contributed by atoms with Crippen molar-refractivity contribution in [2.75, 3.05) is 18.5 Å². The van der Waals surface area contributed by atoms with Gasteiger partial charge in [0.1, 0.15) is 12.4 Å². The number of hydrogen-bond donors (Lipinski definition) is 4. The smallest absolute Gasteiger partial charge is 0.319 e. The summed E-state index contributed by atoms with van der Waals surface area (Å²) in [7, 11) is 0. The number of carboxylic acids is 1. The van der Waals surface area contributed by atoms with Crippen LogP contribution in [0.25, 0.3) is 0 Å². The van der Waals surface area contributed by atoms with E-state index in [9.17, 15) is 23.2 Å². The van der Waals surface area contributed by atoms with Crippen molar-refractivity contribution in [2.24, 2.45) is 5.73 Å². The van der Waals surface area contributed by atoms with E-state index in [1.54, 1.807) is 0 Å². The van der Waals surface area contributed by atoms with Gasteiger partial charge in [0, 0.05) is 18.5 Å². The minimum absolute atomic E-state index is 0.0114. The number of aliphatic carboxylic acids is 1. The minimum atomic E-state index is -2.71. The molecule has 24 heavy (non-hydrogen) atoms. The third-order valence-electron chi connectivity index (χ3n) is 2.73. The maximum absolute atomic E-state index is 12.2. The van der Waals surface area contributed by atoms with E-state index in [2.05, 4.69) is 10.6 Å². The molecule has 3 amide bonds. The summed E-state index contributed by atoms with van der Waals surface area (Å²) < 4.78 is 29.4. The van der Waals surface area contributed by atoms with Gasteiger partial charge in [0.2, 0.25) is 5.91 Å². The van der Waals surface area contributed by atoms with Crippen molar-refractivity contribution < 1.29 is 33.0 Å². The highest BCUT2D eigenvalue weighted by Crippen LogP contribution is 2.26. The molecule has 0 aromatic heterocycles. The second kappa shape index (κ2) is 9.28. The van der Waals surface area contributed by atoms with Gasteiger partial charge in [0.15, 0.2) is 0 Å². The van der Waals surface area contributed by atoms with Crippen molar-refractivity contribution in [2.45, 2.75) is 19.3 Å². The maximum Gasteiger partial charge on any atom is 0.319 e. The predicted molar refractivity (Wildman–Crippen MR) is 80.4 cm³/mol. The highest BCUT2D eigenvalue weighted by molar-refractivity contribution is 5.97. The highest BCUT2D eigenvalue weighted by Gasteiger charge is 2.13. The summed E-state index contributed by atoms with van der Waals surface area (Å²) in [5, 5.41) is 13.2. The van der Waals surface area contributed by atoms with Crippen LogP contribution in [0.1, 0.15) is 23.2 Å². The molecular formula is C14H17F2N3O5. The number of amides is 3. The fourth-order valence-electron chi connectivity index (χ4n) is 1.67. The van der Waals surface area contributed by atoms with Gasteiger partial charge in [-0.2, -0.15) is 0 Å². The molecule has 0 aliphatic rings. The lowest BCUT2D eigenvalue weighted by atomic mass is 10.1. The topological polar surface area (TPSA) is 131 Å². The molecule has 0 saturated carbocycles. The molecule has 1 aromatic carbocycles. The number of hydrogen-bond acceptors (Lipinski definition) is 4. The van der Waals surface area contributed by atoms with Gasteiger partial charge in [-0.3, -0.25) is 9.59 Å². The van der Waals surface area contributed by atoms with Crippen molar-refractivity contribution in [3.05, 3.63) is 23.8 Å². The number of halogens is 2. The average Bonchev–Trinajstić information content (AvgIpc) is 2.49. The molecule has 0 aliphatic heterocycles. The number of benzene rings is 1. The summed E-state index contributed by atoms with van der Waals surface area (Å²) in [5.74, 6) is -1.81. The number of nitrogens with two attached hydrogens (primary N) is 1. The Morgan fingerprint density at radius 2 is 2.00 bits per heavy atom. The standard InChI is InChI=1S/C14H17F2N3O5/c15-11(16)7-24-10-4-3-8(13(17)22)6-9(10)19-14(23)18-5-1-2-12(20)21/h3-4,6,11H,1-2,5,7H2,(H2,17,22)(H,20,21)(H2,18,19,23). The van der Waals surface area contributed by atoms with Crippen LogP contribution in [-0.4, -0.2) is 42.6 Å². The average molecular weight is 345 g/mol. The number of anilines is 1. The number of ether oxygens (including phenoxy) is 1. The van der Waals surface area contributed by atoms with Gasteiger partial charge in [0.25, 0.3) is 6.43 Å². The Kier molecular flexibility index (Phi) is 7.40. The normalized spacial score (nSPS) is 10.3. The number of carbonyl (C=O) groups excluding carboxylic acids is 2. The SMILES string of the molecule is NC(=O)c1ccc(OCC(F)F)c(NC(=O)NCCCC(=O)O)c1. The van der Waals surface area contributed by atoms with Gasteiger partial charge in [-0.1, -0.05) is 0 Å². The van der Waals surface area contributed by atoms with Crippen LogP contribution in [0.15, 0.2) is 18.2 Å². The van der Waals surface area contributed by atoms with Crippen LogP contribution in [0.2, 0.25) is 0 Å². The van der Waals surface area contributed by atoms with Gasteiger partial charge < -0.3 is 26.2 Å². The highest BCUT2D eigenvalue weighted by atomic mass is 19.3. The molecule has 0 radical (unpaired) electrons. The molecule has 0 aliphatic carbocycles. The third-order valence-corrected chi connectivity index (χ3v) is 2.73. The zero-order chi connectivity index (χ0) is 18.1. The largest absolute Gasteiger partial charge is 0.485 e. The zero-order valence-corrected chi connectivity index (χ0v) is 12.6. The van der Waals surface area contributed by atoms with E-state index in [0.717, 1.165) is 0 Å². The number of rotatable bonds is 9. The third kappa shape index (κ3) is 6.90. The molecule has 0 spiro atoms. The summed E-state index contributed by atoms with van der Waals surface area (Å²) >= 11 is 0. The molecule has 1 aromatic rings. The molecule has 5 N–H and O–H groups in total. The van der Waals surface area contributed by atoms with Crippen LogP contribution in [0.4, 0.5) is 19.3 Å². The first-order valence-electron chi connectivity index (χ1n) is 6.91. The van der Waals surface area contributed by atoms with Gasteiger partial charge >= 0.3 is 12.0 Å². The Morgan fingerprint density at radius 3 is 2.58 bits per heavy atom. The van der Waals surface area contributed by atoms with E-state index < -0.39 is 30.9 Å². The van der Waals surface area contributed by atoms with Crippen LogP contribution in [0.3, 0.4) is 0 Å². The van der Waals surface area contributed by atoms with E-state index in [4.69, 9.17) is 15.6 Å². The lowest BCUT2D eigenvalue weighted by Crippen LogP contribution is -2.30. The molecule has 0 unspecified atom stereocenters. The Balaban J connectivity index is 2.74. The lowest BCUT2D eigenvalue weighted by Gasteiger charge is -2.14. The van der Waals surface area contributed by atoms with Crippen LogP contribution < -0.4 is 21.1 Å². The molecule has 0 heterocycles. The molecule has 10 heteroatoms. The number of urea groups is 1.